The molecule has 0 atom stereocenters. The zero-order valence-electron chi connectivity index (χ0n) is 12.3. The number of nitrogens with one attached hydrogen (secondary N) is 1. The third-order valence-corrected chi connectivity index (χ3v) is 3.70. The van der Waals surface area contributed by atoms with Gasteiger partial charge in [0.25, 0.3) is 0 Å². The number of rotatable bonds is 4. The smallest absolute Gasteiger partial charge is 0.322 e. The SMILES string of the molecule is CCN(C(=O)NCc1cccc(Br)c1)c1cccc(C)c1. The number of hydrogen-bond donors (Lipinski definition) is 1. The lowest BCUT2D eigenvalue weighted by Crippen LogP contribution is -2.39. The van der Waals surface area contributed by atoms with Gasteiger partial charge in [-0.15, -0.1) is 0 Å². The zero-order chi connectivity index (χ0) is 15.2. The van der Waals surface area contributed by atoms with Gasteiger partial charge in [0.05, 0.1) is 0 Å². The van der Waals surface area contributed by atoms with Gasteiger partial charge in [0, 0.05) is 23.2 Å². The zero-order valence-corrected chi connectivity index (χ0v) is 13.9. The molecular weight excluding hydrogens is 328 g/mol. The first-order valence-corrected chi connectivity index (χ1v) is 7.76. The van der Waals surface area contributed by atoms with Crippen LogP contribution in [0.3, 0.4) is 0 Å². The molecule has 0 aliphatic rings. The van der Waals surface area contributed by atoms with Crippen LogP contribution in [0.1, 0.15) is 18.1 Å². The van der Waals surface area contributed by atoms with Crippen LogP contribution in [-0.2, 0) is 6.54 Å². The van der Waals surface area contributed by atoms with Crippen molar-refractivity contribution in [3.05, 3.63) is 64.1 Å². The van der Waals surface area contributed by atoms with Gasteiger partial charge >= 0.3 is 6.03 Å². The van der Waals surface area contributed by atoms with Crippen LogP contribution in [0.15, 0.2) is 53.0 Å². The summed E-state index contributed by atoms with van der Waals surface area (Å²) in [5, 5.41) is 2.96. The molecule has 4 heteroatoms. The van der Waals surface area contributed by atoms with Crippen molar-refractivity contribution in [1.29, 1.82) is 0 Å². The third kappa shape index (κ3) is 4.33. The normalized spacial score (nSPS) is 10.2. The van der Waals surface area contributed by atoms with Gasteiger partial charge in [-0.2, -0.15) is 0 Å². The van der Waals surface area contributed by atoms with E-state index in [0.29, 0.717) is 13.1 Å². The molecule has 2 rings (SSSR count). The maximum atomic E-state index is 12.3. The molecule has 21 heavy (non-hydrogen) atoms. The Morgan fingerprint density at radius 2 is 1.95 bits per heavy atom. The molecule has 3 nitrogen and oxygen atoms in total. The maximum Gasteiger partial charge on any atom is 0.322 e. The number of hydrogen-bond acceptors (Lipinski definition) is 1. The lowest BCUT2D eigenvalue weighted by Gasteiger charge is -2.22. The topological polar surface area (TPSA) is 32.3 Å². The van der Waals surface area contributed by atoms with E-state index in [1.807, 2.05) is 62.4 Å². The second kappa shape index (κ2) is 7.27. The van der Waals surface area contributed by atoms with Crippen LogP contribution < -0.4 is 10.2 Å². The number of carbonyl (C=O) groups excluding carboxylic acids is 1. The first-order valence-electron chi connectivity index (χ1n) is 6.96. The van der Waals surface area contributed by atoms with Gasteiger partial charge < -0.3 is 5.32 Å². The van der Waals surface area contributed by atoms with Crippen LogP contribution in [-0.4, -0.2) is 12.6 Å². The first-order chi connectivity index (χ1) is 10.1. The van der Waals surface area contributed by atoms with E-state index >= 15 is 0 Å². The number of aryl methyl sites for hydroxylation is 1. The minimum atomic E-state index is -0.0805. The number of amides is 2. The molecule has 0 aliphatic carbocycles. The molecule has 1 N–H and O–H groups in total. The molecule has 0 heterocycles. The molecular formula is C17H19BrN2O. The quantitative estimate of drug-likeness (QED) is 0.868. The lowest BCUT2D eigenvalue weighted by molar-refractivity contribution is 0.246. The highest BCUT2D eigenvalue weighted by atomic mass is 79.9. The molecule has 2 aromatic rings. The Labute approximate surface area is 134 Å². The third-order valence-electron chi connectivity index (χ3n) is 3.21. The van der Waals surface area contributed by atoms with E-state index in [9.17, 15) is 4.79 Å². The average molecular weight is 347 g/mol. The van der Waals surface area contributed by atoms with Gasteiger partial charge in [-0.3, -0.25) is 4.90 Å². The number of benzene rings is 2. The summed E-state index contributed by atoms with van der Waals surface area (Å²) in [7, 11) is 0. The van der Waals surface area contributed by atoms with E-state index in [0.717, 1.165) is 21.3 Å². The van der Waals surface area contributed by atoms with Gasteiger partial charge in [0.2, 0.25) is 0 Å². The van der Waals surface area contributed by atoms with Crippen LogP contribution in [0.4, 0.5) is 10.5 Å². The maximum absolute atomic E-state index is 12.3. The Kier molecular flexibility index (Phi) is 5.39. The molecule has 0 radical (unpaired) electrons. The lowest BCUT2D eigenvalue weighted by atomic mass is 10.2. The Balaban J connectivity index is 2.04. The fourth-order valence-electron chi connectivity index (χ4n) is 2.16. The average Bonchev–Trinajstić information content (AvgIpc) is 2.46. The van der Waals surface area contributed by atoms with E-state index < -0.39 is 0 Å². The van der Waals surface area contributed by atoms with Gasteiger partial charge in [0.15, 0.2) is 0 Å². The summed E-state index contributed by atoms with van der Waals surface area (Å²) in [6.45, 7) is 5.14. The van der Waals surface area contributed by atoms with Crippen molar-refractivity contribution in [2.75, 3.05) is 11.4 Å². The summed E-state index contributed by atoms with van der Waals surface area (Å²) in [6, 6.07) is 15.8. The standard InChI is InChI=1S/C17H19BrN2O/c1-3-20(16-9-4-6-13(2)10-16)17(21)19-12-14-7-5-8-15(18)11-14/h4-11H,3,12H2,1-2H3,(H,19,21). The van der Waals surface area contributed by atoms with Crippen molar-refractivity contribution < 1.29 is 4.79 Å². The molecule has 0 spiro atoms. The Bertz CT molecular complexity index is 628. The fourth-order valence-corrected chi connectivity index (χ4v) is 2.61. The largest absolute Gasteiger partial charge is 0.334 e. The van der Waals surface area contributed by atoms with E-state index in [1.165, 1.54) is 0 Å². The summed E-state index contributed by atoms with van der Waals surface area (Å²) in [4.78, 5) is 14.1. The summed E-state index contributed by atoms with van der Waals surface area (Å²) in [5.41, 5.74) is 3.13. The molecule has 0 aliphatic heterocycles. The molecule has 0 fully saturated rings. The molecule has 0 unspecified atom stereocenters. The van der Waals surface area contributed by atoms with Crippen molar-refractivity contribution in [3.63, 3.8) is 0 Å². The minimum absolute atomic E-state index is 0.0805. The Morgan fingerprint density at radius 3 is 2.62 bits per heavy atom. The second-order valence-corrected chi connectivity index (χ2v) is 5.79. The highest BCUT2D eigenvalue weighted by Gasteiger charge is 2.13. The molecule has 110 valence electrons. The van der Waals surface area contributed by atoms with E-state index in [-0.39, 0.29) is 6.03 Å². The van der Waals surface area contributed by atoms with Gasteiger partial charge in [-0.25, -0.2) is 4.79 Å². The number of nitrogens with zero attached hydrogens (tertiary/aromatic N) is 1. The molecule has 0 aromatic heterocycles. The van der Waals surface area contributed by atoms with Crippen molar-refractivity contribution in [2.24, 2.45) is 0 Å². The summed E-state index contributed by atoms with van der Waals surface area (Å²) < 4.78 is 1.01. The summed E-state index contributed by atoms with van der Waals surface area (Å²) >= 11 is 3.43. The van der Waals surface area contributed by atoms with Gasteiger partial charge in [-0.1, -0.05) is 40.2 Å². The number of anilines is 1. The van der Waals surface area contributed by atoms with Crippen molar-refractivity contribution in [3.8, 4) is 0 Å². The number of halogens is 1. The van der Waals surface area contributed by atoms with Crippen LogP contribution >= 0.6 is 15.9 Å². The van der Waals surface area contributed by atoms with Crippen LogP contribution in [0.5, 0.6) is 0 Å². The first kappa shape index (κ1) is 15.6. The number of urea groups is 1. The van der Waals surface area contributed by atoms with Crippen molar-refractivity contribution >= 4 is 27.6 Å². The van der Waals surface area contributed by atoms with Gasteiger partial charge in [-0.05, 0) is 49.2 Å². The second-order valence-electron chi connectivity index (χ2n) is 4.87. The van der Waals surface area contributed by atoms with E-state index in [1.54, 1.807) is 4.90 Å². The fraction of sp³-hybridized carbons (Fsp3) is 0.235. The van der Waals surface area contributed by atoms with E-state index in [2.05, 4.69) is 21.2 Å². The molecule has 2 amide bonds. The summed E-state index contributed by atoms with van der Waals surface area (Å²) in [5.74, 6) is 0. The predicted octanol–water partition coefficient (Wildman–Crippen LogP) is 4.49. The Morgan fingerprint density at radius 1 is 1.19 bits per heavy atom. The van der Waals surface area contributed by atoms with Crippen molar-refractivity contribution in [2.45, 2.75) is 20.4 Å². The minimum Gasteiger partial charge on any atom is -0.334 e. The highest BCUT2D eigenvalue weighted by Crippen LogP contribution is 2.16. The molecule has 0 saturated carbocycles. The van der Waals surface area contributed by atoms with Crippen LogP contribution in [0, 0.1) is 6.92 Å². The van der Waals surface area contributed by atoms with Crippen LogP contribution in [0.2, 0.25) is 0 Å². The van der Waals surface area contributed by atoms with E-state index in [4.69, 9.17) is 0 Å². The highest BCUT2D eigenvalue weighted by molar-refractivity contribution is 9.10. The van der Waals surface area contributed by atoms with Gasteiger partial charge in [0.1, 0.15) is 0 Å². The summed E-state index contributed by atoms with van der Waals surface area (Å²) in [6.07, 6.45) is 0. The monoisotopic (exact) mass is 346 g/mol. The van der Waals surface area contributed by atoms with Crippen LogP contribution in [0.25, 0.3) is 0 Å². The predicted molar refractivity (Wildman–Crippen MR) is 90.6 cm³/mol. The Hall–Kier alpha value is -1.81. The van der Waals surface area contributed by atoms with Crippen molar-refractivity contribution in [1.82, 2.24) is 5.32 Å². The molecule has 0 bridgehead atoms. The number of carbonyl (C=O) groups is 1. The molecule has 2 aromatic carbocycles. The molecule has 0 saturated heterocycles.